The molecule has 2 heterocycles. The van der Waals surface area contributed by atoms with E-state index in [0.29, 0.717) is 12.4 Å². The Morgan fingerprint density at radius 3 is 2.95 bits per heavy atom. The van der Waals surface area contributed by atoms with E-state index in [4.69, 9.17) is 0 Å². The number of nitrogens with zero attached hydrogens (tertiary/aromatic N) is 3. The van der Waals surface area contributed by atoms with Crippen molar-refractivity contribution >= 4 is 11.7 Å². The number of aliphatic hydroxyl groups is 1. The summed E-state index contributed by atoms with van der Waals surface area (Å²) in [5, 5.41) is 17.2. The van der Waals surface area contributed by atoms with Crippen LogP contribution >= 0.6 is 0 Å². The lowest BCUT2D eigenvalue weighted by atomic mass is 9.96. The van der Waals surface area contributed by atoms with Crippen LogP contribution in [0.25, 0.3) is 0 Å². The van der Waals surface area contributed by atoms with Crippen molar-refractivity contribution in [2.75, 3.05) is 18.4 Å². The zero-order valence-corrected chi connectivity index (χ0v) is 13.2. The average molecular weight is 294 g/mol. The third kappa shape index (κ3) is 4.04. The molecule has 0 aromatic carbocycles. The minimum atomic E-state index is -0.350. The van der Waals surface area contributed by atoms with E-state index < -0.39 is 0 Å². The van der Waals surface area contributed by atoms with E-state index in [0.717, 1.165) is 37.9 Å². The number of amides is 1. The van der Waals surface area contributed by atoms with Gasteiger partial charge in [0.25, 0.3) is 0 Å². The van der Waals surface area contributed by atoms with Crippen molar-refractivity contribution in [1.82, 2.24) is 14.7 Å². The predicted molar refractivity (Wildman–Crippen MR) is 82.1 cm³/mol. The Morgan fingerprint density at radius 2 is 2.33 bits per heavy atom. The molecule has 21 heavy (non-hydrogen) atoms. The number of carbonyl (C=O) groups is 1. The highest BCUT2D eigenvalue weighted by Gasteiger charge is 2.29. The molecule has 1 amide bonds. The number of rotatable bonds is 5. The highest BCUT2D eigenvalue weighted by Crippen LogP contribution is 2.21. The molecule has 0 spiro atoms. The minimum Gasteiger partial charge on any atom is -0.392 e. The van der Waals surface area contributed by atoms with Crippen LogP contribution in [0.3, 0.4) is 0 Å². The maximum Gasteiger partial charge on any atom is 0.239 e. The van der Waals surface area contributed by atoms with Gasteiger partial charge in [0, 0.05) is 19.2 Å². The molecule has 0 bridgehead atoms. The fourth-order valence-electron chi connectivity index (χ4n) is 3.02. The van der Waals surface area contributed by atoms with Crippen LogP contribution in [-0.2, 0) is 11.8 Å². The molecular weight excluding hydrogens is 268 g/mol. The largest absolute Gasteiger partial charge is 0.392 e. The number of aromatic nitrogens is 2. The van der Waals surface area contributed by atoms with Gasteiger partial charge >= 0.3 is 0 Å². The van der Waals surface area contributed by atoms with Gasteiger partial charge in [-0.2, -0.15) is 5.10 Å². The van der Waals surface area contributed by atoms with Crippen molar-refractivity contribution in [3.8, 4) is 0 Å². The molecule has 0 radical (unpaired) electrons. The molecule has 1 aromatic heterocycles. The number of piperidine rings is 1. The zero-order valence-electron chi connectivity index (χ0n) is 13.2. The molecule has 118 valence electrons. The number of aryl methyl sites for hydroxylation is 2. The van der Waals surface area contributed by atoms with E-state index in [1.54, 1.807) is 4.68 Å². The SMILES string of the molecule is CCC(O)C1CCCCN1CC(=O)Nc1cc(C)nn1C. The first kappa shape index (κ1) is 16.0. The Kier molecular flexibility index (Phi) is 5.36. The van der Waals surface area contributed by atoms with Gasteiger partial charge in [-0.25, -0.2) is 0 Å². The highest BCUT2D eigenvalue weighted by atomic mass is 16.3. The lowest BCUT2D eigenvalue weighted by molar-refractivity contribution is -0.119. The summed E-state index contributed by atoms with van der Waals surface area (Å²) >= 11 is 0. The molecule has 6 heteroatoms. The third-order valence-corrected chi connectivity index (χ3v) is 4.14. The summed E-state index contributed by atoms with van der Waals surface area (Å²) in [5.74, 6) is 0.662. The summed E-state index contributed by atoms with van der Waals surface area (Å²) in [4.78, 5) is 14.3. The monoisotopic (exact) mass is 294 g/mol. The van der Waals surface area contributed by atoms with Crippen molar-refractivity contribution < 1.29 is 9.90 Å². The van der Waals surface area contributed by atoms with Gasteiger partial charge in [0.15, 0.2) is 0 Å². The number of nitrogens with one attached hydrogen (secondary N) is 1. The van der Waals surface area contributed by atoms with E-state index in [9.17, 15) is 9.90 Å². The molecule has 1 aromatic rings. The summed E-state index contributed by atoms with van der Waals surface area (Å²) in [6, 6.07) is 1.95. The fraction of sp³-hybridized carbons (Fsp3) is 0.733. The lowest BCUT2D eigenvalue weighted by Gasteiger charge is -2.37. The fourth-order valence-corrected chi connectivity index (χ4v) is 3.02. The van der Waals surface area contributed by atoms with E-state index in [-0.39, 0.29) is 18.1 Å². The molecule has 2 atom stereocenters. The van der Waals surface area contributed by atoms with Crippen LogP contribution in [-0.4, -0.2) is 50.9 Å². The minimum absolute atomic E-state index is 0.0480. The van der Waals surface area contributed by atoms with Crippen LogP contribution in [0.2, 0.25) is 0 Å². The predicted octanol–water partition coefficient (Wildman–Crippen LogP) is 1.29. The Balaban J connectivity index is 1.95. The maximum absolute atomic E-state index is 12.2. The van der Waals surface area contributed by atoms with Crippen molar-refractivity contribution in [3.05, 3.63) is 11.8 Å². The summed E-state index contributed by atoms with van der Waals surface area (Å²) in [5.41, 5.74) is 0.880. The van der Waals surface area contributed by atoms with Gasteiger partial charge < -0.3 is 10.4 Å². The van der Waals surface area contributed by atoms with Crippen LogP contribution in [0, 0.1) is 6.92 Å². The number of hydrogen-bond acceptors (Lipinski definition) is 4. The van der Waals surface area contributed by atoms with Crippen molar-refractivity contribution in [2.24, 2.45) is 7.05 Å². The molecule has 2 N–H and O–H groups in total. The first-order valence-corrected chi connectivity index (χ1v) is 7.74. The molecule has 2 rings (SSSR count). The van der Waals surface area contributed by atoms with Crippen LogP contribution in [0.15, 0.2) is 6.07 Å². The molecular formula is C15H26N4O2. The molecule has 2 unspecified atom stereocenters. The Hall–Kier alpha value is -1.40. The molecule has 6 nitrogen and oxygen atoms in total. The van der Waals surface area contributed by atoms with E-state index >= 15 is 0 Å². The van der Waals surface area contributed by atoms with E-state index in [1.165, 1.54) is 0 Å². The summed E-state index contributed by atoms with van der Waals surface area (Å²) in [6.45, 7) is 5.08. The van der Waals surface area contributed by atoms with Crippen molar-refractivity contribution in [1.29, 1.82) is 0 Å². The number of likely N-dealkylation sites (tertiary alicyclic amines) is 1. The van der Waals surface area contributed by atoms with E-state index in [2.05, 4.69) is 15.3 Å². The maximum atomic E-state index is 12.2. The van der Waals surface area contributed by atoms with Gasteiger partial charge in [-0.3, -0.25) is 14.4 Å². The van der Waals surface area contributed by atoms with Crippen molar-refractivity contribution in [3.63, 3.8) is 0 Å². The van der Waals surface area contributed by atoms with Gasteiger partial charge in [0.05, 0.1) is 18.3 Å². The molecule has 1 aliphatic heterocycles. The van der Waals surface area contributed by atoms with Crippen LogP contribution < -0.4 is 5.32 Å². The topological polar surface area (TPSA) is 70.4 Å². The third-order valence-electron chi connectivity index (χ3n) is 4.14. The number of carbonyl (C=O) groups excluding carboxylic acids is 1. The second-order valence-corrected chi connectivity index (χ2v) is 5.85. The van der Waals surface area contributed by atoms with Crippen molar-refractivity contribution in [2.45, 2.75) is 51.7 Å². The second-order valence-electron chi connectivity index (χ2n) is 5.85. The summed E-state index contributed by atoms with van der Waals surface area (Å²) < 4.78 is 1.67. The molecule has 0 saturated carbocycles. The number of aliphatic hydroxyl groups excluding tert-OH is 1. The molecule has 0 aliphatic carbocycles. The highest BCUT2D eigenvalue weighted by molar-refractivity contribution is 5.91. The molecule has 1 saturated heterocycles. The summed E-state index contributed by atoms with van der Waals surface area (Å²) in [6.07, 6.45) is 3.56. The quantitative estimate of drug-likeness (QED) is 0.858. The smallest absolute Gasteiger partial charge is 0.239 e. The molecule has 1 aliphatic rings. The Morgan fingerprint density at radius 1 is 1.57 bits per heavy atom. The van der Waals surface area contributed by atoms with Gasteiger partial charge in [0.1, 0.15) is 5.82 Å². The lowest BCUT2D eigenvalue weighted by Crippen LogP contribution is -2.49. The van der Waals surface area contributed by atoms with Gasteiger partial charge in [-0.1, -0.05) is 13.3 Å². The molecule has 1 fully saturated rings. The average Bonchev–Trinajstić information content (AvgIpc) is 2.76. The van der Waals surface area contributed by atoms with Gasteiger partial charge in [-0.15, -0.1) is 0 Å². The van der Waals surface area contributed by atoms with Crippen LogP contribution in [0.1, 0.15) is 38.3 Å². The van der Waals surface area contributed by atoms with Gasteiger partial charge in [-0.05, 0) is 32.7 Å². The standard InChI is InChI=1S/C15H26N4O2/c1-4-13(20)12-7-5-6-8-19(12)10-15(21)16-14-9-11(2)17-18(14)3/h9,12-13,20H,4-8,10H2,1-3H3,(H,16,21). The summed E-state index contributed by atoms with van der Waals surface area (Å²) in [7, 11) is 1.81. The van der Waals surface area contributed by atoms with Crippen LogP contribution in [0.5, 0.6) is 0 Å². The van der Waals surface area contributed by atoms with Crippen LogP contribution in [0.4, 0.5) is 5.82 Å². The number of anilines is 1. The second kappa shape index (κ2) is 7.04. The van der Waals surface area contributed by atoms with E-state index in [1.807, 2.05) is 27.0 Å². The van der Waals surface area contributed by atoms with Gasteiger partial charge in [0.2, 0.25) is 5.91 Å². The zero-order chi connectivity index (χ0) is 15.4. The number of hydrogen-bond donors (Lipinski definition) is 2. The Bertz CT molecular complexity index is 486. The normalized spacial score (nSPS) is 21.2. The Labute approximate surface area is 126 Å². The first-order valence-electron chi connectivity index (χ1n) is 7.74. The first-order chi connectivity index (χ1) is 10.0.